The minimum Gasteiger partial charge on any atom is -0.507 e. The molecule has 2 N–H and O–H groups in total. The molecule has 38 heavy (non-hydrogen) atoms. The third-order valence-corrected chi connectivity index (χ3v) is 5.92. The molecule has 0 radical (unpaired) electrons. The highest BCUT2D eigenvalue weighted by atomic mass is 16.6. The molecule has 4 atom stereocenters. The van der Waals surface area contributed by atoms with Gasteiger partial charge in [0.15, 0.2) is 6.10 Å². The molecule has 0 aliphatic carbocycles. The lowest BCUT2D eigenvalue weighted by atomic mass is 10.1. The zero-order valence-electron chi connectivity index (χ0n) is 20.9. The number of aliphatic hydroxyl groups excluding tert-OH is 1. The van der Waals surface area contributed by atoms with Gasteiger partial charge in [0, 0.05) is 6.61 Å². The third kappa shape index (κ3) is 7.01. The van der Waals surface area contributed by atoms with Crippen molar-refractivity contribution in [1.82, 2.24) is 0 Å². The lowest BCUT2D eigenvalue weighted by Crippen LogP contribution is -2.34. The number of benzene rings is 2. The third-order valence-electron chi connectivity index (χ3n) is 5.92. The maximum Gasteiger partial charge on any atom is 0.342 e. The molecule has 2 heterocycles. The molecule has 11 heteroatoms. The number of phenolic OH excluding ortho intramolecular Hbond substituents is 1. The number of ether oxygens (including phenoxy) is 5. The second kappa shape index (κ2) is 13.2. The Morgan fingerprint density at radius 1 is 0.947 bits per heavy atom. The average Bonchev–Trinajstić information content (AvgIpc) is 3.50. The van der Waals surface area contributed by atoms with Gasteiger partial charge in [0.25, 0.3) is 0 Å². The Balaban J connectivity index is 1.27. The Labute approximate surface area is 219 Å². The lowest BCUT2D eigenvalue weighted by molar-refractivity contribution is -0.0209. The van der Waals surface area contributed by atoms with Crippen molar-refractivity contribution in [3.05, 3.63) is 64.7 Å². The number of aliphatic hydroxyl groups is 1. The number of hydrogen-bond acceptors (Lipinski definition) is 11. The van der Waals surface area contributed by atoms with Crippen LogP contribution in [0.1, 0.15) is 45.2 Å². The first-order valence-corrected chi connectivity index (χ1v) is 12.3. The van der Waals surface area contributed by atoms with Crippen LogP contribution < -0.4 is 0 Å². The summed E-state index contributed by atoms with van der Waals surface area (Å²) in [5.41, 5.74) is 1.62. The molecule has 2 aliphatic heterocycles. The molecule has 2 aliphatic rings. The van der Waals surface area contributed by atoms with Gasteiger partial charge in [-0.3, -0.25) is 0 Å². The smallest absolute Gasteiger partial charge is 0.342 e. The van der Waals surface area contributed by atoms with Crippen LogP contribution in [0, 0.1) is 0 Å². The van der Waals surface area contributed by atoms with Crippen LogP contribution in [0.4, 0.5) is 0 Å². The van der Waals surface area contributed by atoms with Crippen LogP contribution in [0.3, 0.4) is 0 Å². The minimum absolute atomic E-state index is 0.0197. The van der Waals surface area contributed by atoms with Gasteiger partial charge < -0.3 is 33.9 Å². The van der Waals surface area contributed by atoms with Gasteiger partial charge in [-0.2, -0.15) is 10.2 Å². The number of esters is 2. The van der Waals surface area contributed by atoms with E-state index in [0.717, 1.165) is 6.42 Å². The Bertz CT molecular complexity index is 1170. The Morgan fingerprint density at radius 2 is 1.66 bits per heavy atom. The number of aromatic hydroxyl groups is 1. The topological polar surface area (TPSA) is 145 Å². The lowest BCUT2D eigenvalue weighted by Gasteiger charge is -2.16. The second-order valence-corrected chi connectivity index (χ2v) is 8.74. The number of phenols is 1. The molecule has 0 aromatic heterocycles. The van der Waals surface area contributed by atoms with Crippen LogP contribution in [0.15, 0.2) is 52.7 Å². The van der Waals surface area contributed by atoms with Gasteiger partial charge in [-0.05, 0) is 47.9 Å². The second-order valence-electron chi connectivity index (χ2n) is 8.74. The number of hydrogen-bond donors (Lipinski definition) is 2. The number of carbonyl (C=O) groups excluding carboxylic acids is 2. The normalized spacial score (nSPS) is 22.7. The summed E-state index contributed by atoms with van der Waals surface area (Å²) in [6.45, 7) is 3.29. The van der Waals surface area contributed by atoms with Gasteiger partial charge in [0.05, 0.1) is 37.8 Å². The summed E-state index contributed by atoms with van der Waals surface area (Å²) in [4.78, 5) is 24.7. The molecule has 2 unspecified atom stereocenters. The van der Waals surface area contributed by atoms with Crippen molar-refractivity contribution in [2.45, 2.75) is 37.8 Å². The van der Waals surface area contributed by atoms with E-state index in [2.05, 4.69) is 10.2 Å². The first kappa shape index (κ1) is 27.4. The molecule has 2 aromatic rings. The molecule has 2 saturated heterocycles. The fourth-order valence-corrected chi connectivity index (χ4v) is 3.97. The van der Waals surface area contributed by atoms with Crippen molar-refractivity contribution in [1.29, 1.82) is 0 Å². The van der Waals surface area contributed by atoms with Crippen LogP contribution in [0.25, 0.3) is 0 Å². The van der Waals surface area contributed by atoms with Crippen molar-refractivity contribution in [2.75, 3.05) is 33.0 Å². The average molecular weight is 527 g/mol. The summed E-state index contributed by atoms with van der Waals surface area (Å²) >= 11 is 0. The van der Waals surface area contributed by atoms with Gasteiger partial charge in [-0.25, -0.2) is 9.59 Å². The number of carbonyl (C=O) groups is 2. The molecular formula is C27H30N2O9. The monoisotopic (exact) mass is 526 g/mol. The molecule has 202 valence electrons. The standard InChI is InChI=1S/C27H30N2O9/c1-2-9-34-10-11-35-27(33)20-12-18(5-8-21(20)30)14-29-28-13-17-3-6-19(7-4-17)26(32)38-23-16-37-24-22(31)15-36-25(23)24/h3-8,12-14,22-25,30-31H,2,9-11,15-16H2,1H3/b28-13+,29-14+/t22-,23-,24?,25?/m1/s1. The molecule has 2 fully saturated rings. The van der Waals surface area contributed by atoms with E-state index in [1.165, 1.54) is 24.6 Å². The van der Waals surface area contributed by atoms with E-state index < -0.39 is 36.4 Å². The van der Waals surface area contributed by atoms with Crippen LogP contribution in [-0.2, 0) is 23.7 Å². The van der Waals surface area contributed by atoms with E-state index in [1.807, 2.05) is 6.92 Å². The van der Waals surface area contributed by atoms with Gasteiger partial charge in [0.2, 0.25) is 0 Å². The highest BCUT2D eigenvalue weighted by molar-refractivity contribution is 5.95. The van der Waals surface area contributed by atoms with Crippen LogP contribution in [0.5, 0.6) is 5.75 Å². The highest BCUT2D eigenvalue weighted by Crippen LogP contribution is 2.29. The van der Waals surface area contributed by atoms with E-state index in [9.17, 15) is 19.8 Å². The van der Waals surface area contributed by atoms with Crippen molar-refractivity contribution < 1.29 is 43.5 Å². The summed E-state index contributed by atoms with van der Waals surface area (Å²) in [7, 11) is 0. The first-order chi connectivity index (χ1) is 18.5. The number of rotatable bonds is 11. The van der Waals surface area contributed by atoms with E-state index in [1.54, 1.807) is 30.3 Å². The summed E-state index contributed by atoms with van der Waals surface area (Å²) in [6.07, 6.45) is 1.60. The van der Waals surface area contributed by atoms with Gasteiger partial charge >= 0.3 is 11.9 Å². The fraction of sp³-hybridized carbons (Fsp3) is 0.407. The summed E-state index contributed by atoms with van der Waals surface area (Å²) in [5, 5.41) is 27.8. The molecule has 0 saturated carbocycles. The fourth-order valence-electron chi connectivity index (χ4n) is 3.97. The Morgan fingerprint density at radius 3 is 2.42 bits per heavy atom. The van der Waals surface area contributed by atoms with Crippen molar-refractivity contribution in [3.63, 3.8) is 0 Å². The summed E-state index contributed by atoms with van der Waals surface area (Å²) < 4.78 is 26.8. The minimum atomic E-state index is -0.710. The predicted molar refractivity (Wildman–Crippen MR) is 136 cm³/mol. The van der Waals surface area contributed by atoms with E-state index in [4.69, 9.17) is 23.7 Å². The van der Waals surface area contributed by atoms with Gasteiger partial charge in [0.1, 0.15) is 36.2 Å². The zero-order chi connectivity index (χ0) is 26.9. The molecular weight excluding hydrogens is 496 g/mol. The van der Waals surface area contributed by atoms with Crippen LogP contribution in [0.2, 0.25) is 0 Å². The maximum atomic E-state index is 12.5. The number of nitrogens with zero attached hydrogens (tertiary/aromatic N) is 2. The predicted octanol–water partition coefficient (Wildman–Crippen LogP) is 2.11. The van der Waals surface area contributed by atoms with E-state index >= 15 is 0 Å². The van der Waals surface area contributed by atoms with Crippen molar-refractivity contribution in [2.24, 2.45) is 10.2 Å². The van der Waals surface area contributed by atoms with E-state index in [-0.39, 0.29) is 37.7 Å². The largest absolute Gasteiger partial charge is 0.507 e. The SMILES string of the molecule is CCCOCCOC(=O)c1cc(/C=N/N=C/c2ccc(C(=O)O[C@@H]3COC4C3OC[C@H]4O)cc2)ccc1O. The zero-order valence-corrected chi connectivity index (χ0v) is 20.9. The van der Waals surface area contributed by atoms with Gasteiger partial charge in [-0.1, -0.05) is 19.1 Å². The number of fused-ring (bicyclic) bond motifs is 1. The Kier molecular flexibility index (Phi) is 9.55. The van der Waals surface area contributed by atoms with Crippen molar-refractivity contribution in [3.8, 4) is 5.75 Å². The van der Waals surface area contributed by atoms with Crippen LogP contribution >= 0.6 is 0 Å². The quantitative estimate of drug-likeness (QED) is 0.195. The molecule has 0 spiro atoms. The molecule has 11 nitrogen and oxygen atoms in total. The maximum absolute atomic E-state index is 12.5. The van der Waals surface area contributed by atoms with Crippen LogP contribution in [-0.4, -0.2) is 92.0 Å². The molecule has 4 rings (SSSR count). The Hall–Kier alpha value is -3.64. The highest BCUT2D eigenvalue weighted by Gasteiger charge is 2.49. The first-order valence-electron chi connectivity index (χ1n) is 12.3. The van der Waals surface area contributed by atoms with E-state index in [0.29, 0.717) is 23.3 Å². The summed E-state index contributed by atoms with van der Waals surface area (Å²) in [5.74, 6) is -1.37. The summed E-state index contributed by atoms with van der Waals surface area (Å²) in [6, 6.07) is 11.0. The molecule has 2 aromatic carbocycles. The molecule has 0 amide bonds. The van der Waals surface area contributed by atoms with Crippen molar-refractivity contribution >= 4 is 24.4 Å². The molecule has 0 bridgehead atoms. The van der Waals surface area contributed by atoms with Gasteiger partial charge in [-0.15, -0.1) is 0 Å².